The van der Waals surface area contributed by atoms with Crippen molar-refractivity contribution in [3.8, 4) is 5.75 Å². The lowest BCUT2D eigenvalue weighted by Gasteiger charge is -2.13. The summed E-state index contributed by atoms with van der Waals surface area (Å²) in [5.74, 6) is 0.525. The van der Waals surface area contributed by atoms with Crippen LogP contribution in [0.5, 0.6) is 5.75 Å². The Hall–Kier alpha value is -2.86. The van der Waals surface area contributed by atoms with Crippen LogP contribution in [-0.2, 0) is 11.3 Å². The fourth-order valence-electron chi connectivity index (χ4n) is 2.50. The summed E-state index contributed by atoms with van der Waals surface area (Å²) < 4.78 is 6.72. The van der Waals surface area contributed by atoms with Gasteiger partial charge in [-0.2, -0.15) is 5.10 Å². The third-order valence-electron chi connectivity index (χ3n) is 3.84. The van der Waals surface area contributed by atoms with E-state index in [1.54, 1.807) is 42.3 Å². The van der Waals surface area contributed by atoms with Crippen LogP contribution >= 0.6 is 0 Å². The summed E-state index contributed by atoms with van der Waals surface area (Å²) in [6, 6.07) is 14.8. The number of benzene rings is 2. The lowest BCUT2D eigenvalue weighted by Crippen LogP contribution is -2.31. The molecular weight excluding hydrogens is 306 g/mol. The Balaban J connectivity index is 1.56. The Bertz CT molecular complexity index is 827. The van der Waals surface area contributed by atoms with Gasteiger partial charge in [0.05, 0.1) is 24.9 Å². The van der Waals surface area contributed by atoms with Gasteiger partial charge in [-0.3, -0.25) is 9.48 Å². The van der Waals surface area contributed by atoms with Crippen LogP contribution in [-0.4, -0.2) is 34.4 Å². The van der Waals surface area contributed by atoms with Crippen LogP contribution in [0.4, 0.5) is 0 Å². The molecule has 0 fully saturated rings. The number of nitrogens with one attached hydrogen (secondary N) is 1. The van der Waals surface area contributed by atoms with E-state index in [9.17, 15) is 9.90 Å². The summed E-state index contributed by atoms with van der Waals surface area (Å²) in [6.45, 7) is 0.257. The van der Waals surface area contributed by atoms with Crippen LogP contribution in [0, 0.1) is 0 Å². The molecule has 1 aromatic heterocycles. The van der Waals surface area contributed by atoms with Crippen molar-refractivity contribution in [3.63, 3.8) is 0 Å². The molecule has 2 N–H and O–H groups in total. The zero-order valence-corrected chi connectivity index (χ0v) is 13.3. The van der Waals surface area contributed by atoms with Crippen LogP contribution in [0.3, 0.4) is 0 Å². The smallest absolute Gasteiger partial charge is 0.241 e. The number of aromatic nitrogens is 2. The maximum atomic E-state index is 12.1. The summed E-state index contributed by atoms with van der Waals surface area (Å²) in [4.78, 5) is 12.1. The van der Waals surface area contributed by atoms with Crippen LogP contribution in [0.2, 0.25) is 0 Å². The monoisotopic (exact) mass is 325 g/mol. The summed E-state index contributed by atoms with van der Waals surface area (Å²) >= 11 is 0. The van der Waals surface area contributed by atoms with Gasteiger partial charge in [0.25, 0.3) is 0 Å². The number of hydrogen-bond acceptors (Lipinski definition) is 4. The Morgan fingerprint density at radius 3 is 2.75 bits per heavy atom. The van der Waals surface area contributed by atoms with Gasteiger partial charge in [-0.1, -0.05) is 30.3 Å². The van der Waals surface area contributed by atoms with Crippen molar-refractivity contribution in [2.24, 2.45) is 0 Å². The third-order valence-corrected chi connectivity index (χ3v) is 3.84. The van der Waals surface area contributed by atoms with Gasteiger partial charge in [-0.05, 0) is 23.8 Å². The average Bonchev–Trinajstić information content (AvgIpc) is 3.03. The minimum atomic E-state index is -0.769. The van der Waals surface area contributed by atoms with Crippen molar-refractivity contribution in [1.82, 2.24) is 15.1 Å². The maximum absolute atomic E-state index is 12.1. The van der Waals surface area contributed by atoms with Gasteiger partial charge in [0.1, 0.15) is 12.3 Å². The van der Waals surface area contributed by atoms with Gasteiger partial charge in [-0.15, -0.1) is 0 Å². The molecule has 0 spiro atoms. The normalized spacial score (nSPS) is 12.1. The summed E-state index contributed by atoms with van der Waals surface area (Å²) in [5, 5.41) is 18.1. The van der Waals surface area contributed by atoms with Gasteiger partial charge in [-0.25, -0.2) is 0 Å². The third kappa shape index (κ3) is 3.55. The first-order chi connectivity index (χ1) is 11.7. The van der Waals surface area contributed by atoms with Gasteiger partial charge >= 0.3 is 0 Å². The number of amides is 1. The first-order valence-corrected chi connectivity index (χ1v) is 7.66. The molecule has 0 saturated heterocycles. The molecule has 1 amide bonds. The second-order valence-electron chi connectivity index (χ2n) is 5.45. The fourth-order valence-corrected chi connectivity index (χ4v) is 2.50. The summed E-state index contributed by atoms with van der Waals surface area (Å²) in [7, 11) is 1.59. The average molecular weight is 325 g/mol. The molecule has 6 heteroatoms. The fraction of sp³-hybridized carbons (Fsp3) is 0.222. The van der Waals surface area contributed by atoms with E-state index in [0.29, 0.717) is 0 Å². The summed E-state index contributed by atoms with van der Waals surface area (Å²) in [6.07, 6.45) is 0.962. The van der Waals surface area contributed by atoms with Crippen molar-refractivity contribution in [2.45, 2.75) is 12.6 Å². The largest absolute Gasteiger partial charge is 0.497 e. The second kappa shape index (κ2) is 7.14. The van der Waals surface area contributed by atoms with E-state index in [2.05, 4.69) is 10.4 Å². The van der Waals surface area contributed by atoms with E-state index in [1.807, 2.05) is 24.3 Å². The van der Waals surface area contributed by atoms with Gasteiger partial charge in [0.2, 0.25) is 5.91 Å². The van der Waals surface area contributed by atoms with Gasteiger partial charge in [0, 0.05) is 11.9 Å². The zero-order chi connectivity index (χ0) is 16.9. The molecule has 1 unspecified atom stereocenters. The molecule has 3 aromatic rings. The molecule has 0 bridgehead atoms. The Labute approximate surface area is 139 Å². The standard InChI is InChI=1S/C18H19N3O3/c1-24-15-8-6-13(7-9-15)17(22)11-19-18(23)12-21-16-5-3-2-4-14(16)10-20-21/h2-10,17,22H,11-12H2,1H3,(H,19,23). The highest BCUT2D eigenvalue weighted by molar-refractivity contribution is 5.81. The molecule has 2 aromatic carbocycles. The molecule has 0 saturated carbocycles. The number of rotatable bonds is 6. The van der Waals surface area contributed by atoms with Crippen LogP contribution in [0.15, 0.2) is 54.7 Å². The lowest BCUT2D eigenvalue weighted by molar-refractivity contribution is -0.122. The topological polar surface area (TPSA) is 76.4 Å². The van der Waals surface area contributed by atoms with Crippen LogP contribution in [0.25, 0.3) is 10.9 Å². The first kappa shape index (κ1) is 16.0. The molecule has 3 rings (SSSR count). The number of aliphatic hydroxyl groups excluding tert-OH is 1. The summed E-state index contributed by atoms with van der Waals surface area (Å²) in [5.41, 5.74) is 1.63. The molecule has 24 heavy (non-hydrogen) atoms. The molecule has 0 radical (unpaired) electrons. The molecular formula is C18H19N3O3. The van der Waals surface area contributed by atoms with Crippen molar-refractivity contribution >= 4 is 16.8 Å². The first-order valence-electron chi connectivity index (χ1n) is 7.66. The van der Waals surface area contributed by atoms with E-state index in [4.69, 9.17) is 4.74 Å². The zero-order valence-electron chi connectivity index (χ0n) is 13.3. The second-order valence-corrected chi connectivity index (χ2v) is 5.45. The number of aliphatic hydroxyl groups is 1. The number of hydrogen-bond donors (Lipinski definition) is 2. The highest BCUT2D eigenvalue weighted by Crippen LogP contribution is 2.17. The molecule has 6 nitrogen and oxygen atoms in total. The molecule has 0 aliphatic rings. The predicted molar refractivity (Wildman–Crippen MR) is 90.7 cm³/mol. The van der Waals surface area contributed by atoms with Crippen molar-refractivity contribution in [2.75, 3.05) is 13.7 Å². The SMILES string of the molecule is COc1ccc(C(O)CNC(=O)Cn2ncc3ccccc32)cc1. The van der Waals surface area contributed by atoms with Crippen LogP contribution < -0.4 is 10.1 Å². The van der Waals surface area contributed by atoms with E-state index < -0.39 is 6.10 Å². The van der Waals surface area contributed by atoms with E-state index >= 15 is 0 Å². The van der Waals surface area contributed by atoms with Gasteiger partial charge in [0.15, 0.2) is 0 Å². The van der Waals surface area contributed by atoms with Crippen molar-refractivity contribution in [1.29, 1.82) is 0 Å². The Morgan fingerprint density at radius 1 is 1.25 bits per heavy atom. The Kier molecular flexibility index (Phi) is 4.77. The number of carbonyl (C=O) groups is 1. The minimum Gasteiger partial charge on any atom is -0.497 e. The van der Waals surface area contributed by atoms with Crippen molar-refractivity contribution in [3.05, 3.63) is 60.3 Å². The molecule has 0 aliphatic heterocycles. The van der Waals surface area contributed by atoms with E-state index in [-0.39, 0.29) is 19.0 Å². The molecule has 124 valence electrons. The van der Waals surface area contributed by atoms with Crippen LogP contribution in [0.1, 0.15) is 11.7 Å². The minimum absolute atomic E-state index is 0.114. The maximum Gasteiger partial charge on any atom is 0.241 e. The lowest BCUT2D eigenvalue weighted by atomic mass is 10.1. The number of para-hydroxylation sites is 1. The molecule has 0 aliphatic carbocycles. The number of carbonyl (C=O) groups excluding carboxylic acids is 1. The Morgan fingerprint density at radius 2 is 2.00 bits per heavy atom. The predicted octanol–water partition coefficient (Wildman–Crippen LogP) is 1.89. The van der Waals surface area contributed by atoms with Gasteiger partial charge < -0.3 is 15.2 Å². The van der Waals surface area contributed by atoms with Crippen molar-refractivity contribution < 1.29 is 14.6 Å². The highest BCUT2D eigenvalue weighted by atomic mass is 16.5. The molecule has 1 heterocycles. The molecule has 1 atom stereocenters. The number of nitrogens with zero attached hydrogens (tertiary/aromatic N) is 2. The number of fused-ring (bicyclic) bond motifs is 1. The highest BCUT2D eigenvalue weighted by Gasteiger charge is 2.11. The number of methoxy groups -OCH3 is 1. The van der Waals surface area contributed by atoms with E-state index in [1.165, 1.54) is 0 Å². The quantitative estimate of drug-likeness (QED) is 0.726. The number of ether oxygens (including phenoxy) is 1. The van der Waals surface area contributed by atoms with E-state index in [0.717, 1.165) is 22.2 Å².